The van der Waals surface area contributed by atoms with E-state index in [1.54, 1.807) is 0 Å². The maximum Gasteiger partial charge on any atom is 0.512 e. The lowest BCUT2D eigenvalue weighted by atomic mass is 10.1. The molecule has 0 spiro atoms. The first kappa shape index (κ1) is 19.9. The number of nitrogen functional groups attached to an aromatic ring is 1. The lowest BCUT2D eigenvalue weighted by Crippen LogP contribution is -2.70. The van der Waals surface area contributed by atoms with E-state index < -0.39 is 35.1 Å². The van der Waals surface area contributed by atoms with Gasteiger partial charge in [0.2, 0.25) is 5.88 Å². The molecule has 1 aromatic rings. The summed E-state index contributed by atoms with van der Waals surface area (Å²) in [5, 5.41) is 24.5. The summed E-state index contributed by atoms with van der Waals surface area (Å²) in [5.74, 6) is -1.15. The van der Waals surface area contributed by atoms with Crippen LogP contribution in [0, 0.1) is 0 Å². The van der Waals surface area contributed by atoms with Crippen molar-refractivity contribution in [3.63, 3.8) is 0 Å². The van der Waals surface area contributed by atoms with Gasteiger partial charge < -0.3 is 30.8 Å². The number of ether oxygens (including phenoxy) is 2. The average Bonchev–Trinajstić information content (AvgIpc) is 3.07. The van der Waals surface area contributed by atoms with Gasteiger partial charge >= 0.3 is 6.16 Å². The Bertz CT molecular complexity index is 883. The molecule has 1 unspecified atom stereocenters. The van der Waals surface area contributed by atoms with Crippen LogP contribution in [0.5, 0.6) is 0 Å². The number of nitrogens with zero attached hydrogens (tertiary/aromatic N) is 3. The largest absolute Gasteiger partial charge is 0.512 e. The minimum atomic E-state index is -1.56. The third-order valence-corrected chi connectivity index (χ3v) is 5.88. The third kappa shape index (κ3) is 3.61. The van der Waals surface area contributed by atoms with Gasteiger partial charge in [0, 0.05) is 23.8 Å². The van der Waals surface area contributed by atoms with Crippen LogP contribution < -0.4 is 11.1 Å². The van der Waals surface area contributed by atoms with Gasteiger partial charge in [0.15, 0.2) is 10.8 Å². The summed E-state index contributed by atoms with van der Waals surface area (Å²) in [6.45, 7) is 0.0930. The summed E-state index contributed by atoms with van der Waals surface area (Å²) in [4.78, 5) is 41.0. The maximum atomic E-state index is 12.5. The summed E-state index contributed by atoms with van der Waals surface area (Å²) < 4.78 is 9.78. The molecule has 2 amide bonds. The molecule has 2 aliphatic rings. The molecular formula is C14H15N5O7S2. The monoisotopic (exact) mass is 429 g/mol. The Morgan fingerprint density at radius 2 is 2.29 bits per heavy atom. The number of nitrogens with one attached hydrogen (secondary N) is 1. The van der Waals surface area contributed by atoms with Crippen LogP contribution in [-0.2, 0) is 19.1 Å². The van der Waals surface area contributed by atoms with Crippen molar-refractivity contribution in [2.24, 2.45) is 5.16 Å². The fraction of sp³-hybridized carbons (Fsp3) is 0.357. The van der Waals surface area contributed by atoms with Gasteiger partial charge in [0.1, 0.15) is 17.1 Å². The second-order valence-corrected chi connectivity index (χ2v) is 7.58. The number of anilines is 1. The number of β-lactam (4-membered cyclic amide) rings is 1. The number of hydrogen-bond donors (Lipinski definition) is 4. The van der Waals surface area contributed by atoms with Crippen molar-refractivity contribution < 1.29 is 34.2 Å². The smallest absolute Gasteiger partial charge is 0.449 e. The van der Waals surface area contributed by atoms with Crippen LogP contribution >= 0.6 is 23.1 Å². The van der Waals surface area contributed by atoms with Gasteiger partial charge in [-0.25, -0.2) is 9.78 Å². The standard InChI is InChI=1S/C14H15N5O7S2/c1-25-2-5-3-27-12-8(10(21)19(12)11(5)26-14(22)23)17-9(20)7(18-24)6-4-28-13(15)16-6/h4,8,12,24H,2-3H2,1H3,(H2,15,16)(H,17,20)(H,22,23)/b18-7-/t8?,12-/m0/s1. The van der Waals surface area contributed by atoms with Crippen molar-refractivity contribution in [3.8, 4) is 0 Å². The Labute approximate surface area is 166 Å². The molecule has 1 aromatic heterocycles. The molecule has 1 fully saturated rings. The highest BCUT2D eigenvalue weighted by atomic mass is 32.2. The molecule has 3 heterocycles. The van der Waals surface area contributed by atoms with Crippen molar-refractivity contribution in [2.75, 3.05) is 25.2 Å². The second-order valence-electron chi connectivity index (χ2n) is 5.59. The zero-order valence-corrected chi connectivity index (χ0v) is 16.0. The lowest BCUT2D eigenvalue weighted by molar-refractivity contribution is -0.148. The minimum absolute atomic E-state index is 0.0691. The van der Waals surface area contributed by atoms with Gasteiger partial charge in [-0.3, -0.25) is 14.5 Å². The molecular weight excluding hydrogens is 414 g/mol. The van der Waals surface area contributed by atoms with E-state index in [1.807, 2.05) is 0 Å². The lowest BCUT2D eigenvalue weighted by Gasteiger charge is -2.49. The average molecular weight is 429 g/mol. The maximum absolute atomic E-state index is 12.5. The van der Waals surface area contributed by atoms with Crippen LogP contribution in [0.4, 0.5) is 9.93 Å². The highest BCUT2D eigenvalue weighted by molar-refractivity contribution is 8.00. The van der Waals surface area contributed by atoms with Gasteiger partial charge in [-0.15, -0.1) is 23.1 Å². The predicted octanol–water partition coefficient (Wildman–Crippen LogP) is -0.144. The molecule has 150 valence electrons. The van der Waals surface area contributed by atoms with Crippen molar-refractivity contribution in [3.05, 3.63) is 22.5 Å². The third-order valence-electron chi connectivity index (χ3n) is 3.86. The van der Waals surface area contributed by atoms with Crippen LogP contribution in [0.15, 0.2) is 22.0 Å². The molecule has 0 bridgehead atoms. The van der Waals surface area contributed by atoms with E-state index in [0.29, 0.717) is 11.3 Å². The number of rotatable bonds is 6. The molecule has 0 radical (unpaired) electrons. The van der Waals surface area contributed by atoms with Crippen molar-refractivity contribution in [2.45, 2.75) is 11.4 Å². The summed E-state index contributed by atoms with van der Waals surface area (Å²) in [7, 11) is 1.43. The van der Waals surface area contributed by atoms with E-state index in [-0.39, 0.29) is 23.3 Å². The normalized spacial score (nSPS) is 21.8. The number of thioether (sulfide) groups is 1. The zero-order valence-electron chi connectivity index (χ0n) is 14.3. The topological polar surface area (TPSA) is 177 Å². The number of fused-ring (bicyclic) bond motifs is 1. The molecule has 0 aromatic carbocycles. The van der Waals surface area contributed by atoms with Crippen LogP contribution in [0.1, 0.15) is 5.69 Å². The zero-order chi connectivity index (χ0) is 20.4. The molecule has 0 saturated carbocycles. The van der Waals surface area contributed by atoms with Gasteiger partial charge in [-0.05, 0) is 0 Å². The van der Waals surface area contributed by atoms with E-state index in [1.165, 1.54) is 24.3 Å². The van der Waals surface area contributed by atoms with Crippen LogP contribution in [0.25, 0.3) is 0 Å². The van der Waals surface area contributed by atoms with Crippen LogP contribution in [-0.4, -0.2) is 74.8 Å². The highest BCUT2D eigenvalue weighted by Gasteiger charge is 2.54. The van der Waals surface area contributed by atoms with Gasteiger partial charge in [0.25, 0.3) is 11.8 Å². The second kappa shape index (κ2) is 8.04. The Morgan fingerprint density at radius 3 is 2.86 bits per heavy atom. The summed E-state index contributed by atoms with van der Waals surface area (Å²) in [6, 6.07) is -0.957. The summed E-state index contributed by atoms with van der Waals surface area (Å²) in [6.07, 6.45) is -1.56. The predicted molar refractivity (Wildman–Crippen MR) is 97.9 cm³/mol. The van der Waals surface area contributed by atoms with Crippen LogP contribution in [0.2, 0.25) is 0 Å². The highest BCUT2D eigenvalue weighted by Crippen LogP contribution is 2.40. The Balaban J connectivity index is 1.76. The number of nitrogens with two attached hydrogens (primary N) is 1. The van der Waals surface area contributed by atoms with Gasteiger partial charge in [0.05, 0.1) is 6.61 Å². The number of carboxylic acid groups (broad SMARTS) is 1. The van der Waals surface area contributed by atoms with E-state index in [0.717, 1.165) is 16.2 Å². The minimum Gasteiger partial charge on any atom is -0.449 e. The molecule has 1 saturated heterocycles. The van der Waals surface area contributed by atoms with Crippen molar-refractivity contribution in [1.82, 2.24) is 15.2 Å². The Kier molecular flexibility index (Phi) is 5.71. The molecule has 14 heteroatoms. The first-order chi connectivity index (χ1) is 13.4. The number of carbonyl (C=O) groups is 3. The fourth-order valence-corrected chi connectivity index (χ4v) is 4.55. The van der Waals surface area contributed by atoms with Crippen molar-refractivity contribution in [1.29, 1.82) is 0 Å². The van der Waals surface area contributed by atoms with Gasteiger partial charge in [-0.1, -0.05) is 5.16 Å². The molecule has 3 rings (SSSR count). The van der Waals surface area contributed by atoms with Gasteiger partial charge in [-0.2, -0.15) is 0 Å². The number of aromatic nitrogens is 1. The number of carbonyl (C=O) groups excluding carboxylic acids is 2. The Hall–Kier alpha value is -2.84. The fourth-order valence-electron chi connectivity index (χ4n) is 2.70. The van der Waals surface area contributed by atoms with E-state index in [2.05, 4.69) is 15.5 Å². The molecule has 12 nitrogen and oxygen atoms in total. The van der Waals surface area contributed by atoms with E-state index in [9.17, 15) is 14.4 Å². The number of methoxy groups -OCH3 is 1. The van der Waals surface area contributed by atoms with E-state index >= 15 is 0 Å². The summed E-state index contributed by atoms with van der Waals surface area (Å²) >= 11 is 2.37. The Morgan fingerprint density at radius 1 is 1.54 bits per heavy atom. The van der Waals surface area contributed by atoms with Crippen LogP contribution in [0.3, 0.4) is 0 Å². The quantitative estimate of drug-likeness (QED) is 0.156. The first-order valence-electron chi connectivity index (χ1n) is 7.68. The molecule has 28 heavy (non-hydrogen) atoms. The molecule has 0 aliphatic carbocycles. The van der Waals surface area contributed by atoms with E-state index in [4.69, 9.17) is 25.5 Å². The SMILES string of the molecule is COCC1=C(OC(=O)O)N2C(=O)C(NC(=O)/C(=N\O)c3csc(N)n3)[C@@H]2SC1. The molecule has 2 atom stereocenters. The first-order valence-corrected chi connectivity index (χ1v) is 9.61. The molecule has 5 N–H and O–H groups in total. The number of thiazole rings is 1. The summed E-state index contributed by atoms with van der Waals surface area (Å²) in [5.41, 5.74) is 5.69. The van der Waals surface area contributed by atoms with Crippen molar-refractivity contribution >= 4 is 51.9 Å². The number of hydrogen-bond acceptors (Lipinski definition) is 11. The number of oxime groups is 1. The molecule has 2 aliphatic heterocycles. The number of amides is 2.